The van der Waals surface area contributed by atoms with E-state index in [9.17, 15) is 79.2 Å². The Morgan fingerprint density at radius 2 is 0.588 bits per heavy atom. The molecule has 4 aromatic carbocycles. The summed E-state index contributed by atoms with van der Waals surface area (Å²) < 4.78 is 0. The van der Waals surface area contributed by atoms with Crippen LogP contribution in [0.1, 0.15) is 82.9 Å². The van der Waals surface area contributed by atoms with Crippen molar-refractivity contribution in [1.82, 2.24) is 39.9 Å². The molecule has 0 saturated heterocycles. The van der Waals surface area contributed by atoms with Crippen molar-refractivity contribution >= 4 is 91.9 Å². The van der Waals surface area contributed by atoms with Crippen LogP contribution in [-0.2, 0) is 67.1 Å². The Bertz CT molecular complexity index is 3690. The first-order valence-corrected chi connectivity index (χ1v) is 17.6. The number of aromatic nitrogens is 8. The van der Waals surface area contributed by atoms with E-state index in [1.165, 1.54) is 30.3 Å². The Kier molecular flexibility index (Phi) is 13.8. The van der Waals surface area contributed by atoms with Crippen LogP contribution < -0.4 is 40.9 Å². The maximum absolute atomic E-state index is 12.9. The van der Waals surface area contributed by atoms with E-state index in [0.717, 1.165) is 0 Å². The number of carboxylic acids is 8. The number of benzene rings is 4. The third-order valence-electron chi connectivity index (χ3n) is 10.2. The summed E-state index contributed by atoms with van der Waals surface area (Å²) in [6.45, 7) is 0. The second kappa shape index (κ2) is 18.4. The topological polar surface area (TPSA) is 430 Å². The van der Waals surface area contributed by atoms with E-state index < -0.39 is 137 Å². The van der Waals surface area contributed by atoms with Gasteiger partial charge in [-0.3, -0.25) is 0 Å². The number of carbonyl (C=O) groups is 8. The number of hydrogen-bond donors (Lipinski definition) is 2. The van der Waals surface area contributed by atoms with Gasteiger partial charge in [0.15, 0.2) is 23.3 Å². The first-order valence-electron chi connectivity index (χ1n) is 17.6. The van der Waals surface area contributed by atoms with E-state index in [4.69, 9.17) is 0 Å². The van der Waals surface area contributed by atoms with Gasteiger partial charge < -0.3 is 89.2 Å². The van der Waals surface area contributed by atoms with Crippen molar-refractivity contribution in [1.29, 1.82) is 0 Å². The summed E-state index contributed by atoms with van der Waals surface area (Å²) in [5.41, 5.74) is -18.0. The molecule has 2 aliphatic rings. The smallest absolute Gasteiger partial charge is 0.545 e. The van der Waals surface area contributed by atoms with Gasteiger partial charge in [0.1, 0.15) is 22.6 Å². The first-order chi connectivity index (χ1) is 30.4. The molecule has 0 fully saturated rings. The predicted octanol–water partition coefficient (Wildman–Crippen LogP) is -6.23. The molecule has 342 valence electrons. The molecule has 9 rings (SSSR count). The molecule has 28 heteroatoms. The third kappa shape index (κ3) is 7.56. The van der Waals surface area contributed by atoms with E-state index in [2.05, 4.69) is 39.9 Å². The molecule has 0 atom stereocenters. The Morgan fingerprint density at radius 1 is 0.324 bits per heavy atom. The normalized spacial score (nSPS) is 10.8. The summed E-state index contributed by atoms with van der Waals surface area (Å²) >= 11 is 0. The van der Waals surface area contributed by atoms with E-state index >= 15 is 0 Å². The van der Waals surface area contributed by atoms with Crippen LogP contribution in [0.4, 0.5) is 0 Å². The standard InChI is InChI=1S/C40H18N8O16.4Co/c49-33(50)17-13-15(19(35(53)54)23(39(61)62)21(17)37(57)58)31-46-29(13)44-27-11-7-3-1-5-9(11)25(42-27)41-26-10-6-2-4-8-12(10)28(43-26)45-30-14-16(32(47-30)48-31)20(36(55)56)24(40(63)64)22(38(59)60)18(14)34(51)52;;;;/h1-8H,(H,49,50)(H,51,52)(H,53,54)(H,55,56)(H,57,58)(H,59,60)(H,61,62)(H,63,64)(H2,41,42,43,44,45,46,47,48);;;;/q;4*+2/p-8. The maximum Gasteiger partial charge on any atom is 2.00 e. The fourth-order valence-electron chi connectivity index (χ4n) is 7.84. The number of fused-ring (bicyclic) bond motifs is 20. The van der Waals surface area contributed by atoms with Gasteiger partial charge >= 0.3 is 67.1 Å². The number of carbonyl (C=O) groups excluding carboxylic acids is 8. The predicted molar refractivity (Wildman–Crippen MR) is 191 cm³/mol. The molecule has 0 saturated carbocycles. The van der Waals surface area contributed by atoms with Gasteiger partial charge in [-0.15, -0.1) is 0 Å². The van der Waals surface area contributed by atoms with Gasteiger partial charge in [0.25, 0.3) is 0 Å². The fourth-order valence-corrected chi connectivity index (χ4v) is 7.84. The van der Waals surface area contributed by atoms with Crippen LogP contribution >= 0.6 is 0 Å². The van der Waals surface area contributed by atoms with Crippen LogP contribution in [0.3, 0.4) is 0 Å². The van der Waals surface area contributed by atoms with Gasteiger partial charge in [0.2, 0.25) is 0 Å². The fraction of sp³-hybridized carbons (Fsp3) is 0. The van der Waals surface area contributed by atoms with Gasteiger partial charge in [-0.25, -0.2) is 29.9 Å². The van der Waals surface area contributed by atoms with Gasteiger partial charge in [-0.1, -0.05) is 48.5 Å². The average Bonchev–Trinajstić information content (AvgIpc) is 3.97. The minimum atomic E-state index is -2.63. The van der Waals surface area contributed by atoms with E-state index in [-0.39, 0.29) is 107 Å². The molecule has 5 heterocycles. The summed E-state index contributed by atoms with van der Waals surface area (Å²) in [6, 6.07) is 12.2. The summed E-state index contributed by atoms with van der Waals surface area (Å²) in [5.74, 6) is -23.0. The van der Waals surface area contributed by atoms with E-state index in [1.54, 1.807) is 18.2 Å². The first kappa shape index (κ1) is 51.0. The molecule has 7 aromatic rings. The molecule has 2 aliphatic heterocycles. The second-order valence-corrected chi connectivity index (χ2v) is 13.5. The van der Waals surface area contributed by atoms with Gasteiger partial charge in [0.05, 0.1) is 47.8 Å². The molecule has 24 nitrogen and oxygen atoms in total. The number of aromatic carboxylic acids is 8. The molecular weight excluding hydrogens is 1080 g/mol. The summed E-state index contributed by atoms with van der Waals surface area (Å²) in [4.78, 5) is 133. The largest absolute Gasteiger partial charge is 2.00 e. The number of rotatable bonds is 8. The van der Waals surface area contributed by atoms with Crippen LogP contribution in [0.2, 0.25) is 0 Å². The van der Waals surface area contributed by atoms with Crippen LogP contribution in [0.5, 0.6) is 0 Å². The number of nitrogens with zero attached hydrogens (tertiary/aromatic N) is 6. The molecule has 4 radical (unpaired) electrons. The molecule has 2 N–H and O–H groups in total. The Labute approximate surface area is 414 Å². The average molecular weight is 1090 g/mol. The van der Waals surface area contributed by atoms with Crippen molar-refractivity contribution in [3.8, 4) is 45.6 Å². The molecule has 0 aliphatic carbocycles. The molecular formula is C40H10Co4N8O16. The third-order valence-corrected chi connectivity index (χ3v) is 10.2. The summed E-state index contributed by atoms with van der Waals surface area (Å²) in [7, 11) is 0. The summed E-state index contributed by atoms with van der Waals surface area (Å²) in [5, 5.41) is 100. The zero-order valence-corrected chi connectivity index (χ0v) is 36.3. The van der Waals surface area contributed by atoms with E-state index in [0.29, 0.717) is 5.39 Å². The Balaban J connectivity index is 0.00000216. The van der Waals surface area contributed by atoms with Gasteiger partial charge in [-0.2, -0.15) is 0 Å². The van der Waals surface area contributed by atoms with Crippen molar-refractivity contribution in [2.45, 2.75) is 0 Å². The second-order valence-electron chi connectivity index (χ2n) is 13.5. The minimum absolute atomic E-state index is 0. The number of hydrogen-bond acceptors (Lipinski definition) is 22. The quantitative estimate of drug-likeness (QED) is 0.143. The Morgan fingerprint density at radius 3 is 0.941 bits per heavy atom. The van der Waals surface area contributed by atoms with Gasteiger partial charge in [0, 0.05) is 88.3 Å². The van der Waals surface area contributed by atoms with Crippen LogP contribution in [-0.4, -0.2) is 87.6 Å². The van der Waals surface area contributed by atoms with Gasteiger partial charge in [-0.05, 0) is 0 Å². The van der Waals surface area contributed by atoms with Crippen molar-refractivity contribution in [2.75, 3.05) is 0 Å². The maximum atomic E-state index is 12.9. The summed E-state index contributed by atoms with van der Waals surface area (Å²) in [6.07, 6.45) is 0. The number of carboxylic acid groups (broad SMARTS) is 8. The van der Waals surface area contributed by atoms with Crippen molar-refractivity contribution in [3.63, 3.8) is 0 Å². The van der Waals surface area contributed by atoms with Crippen LogP contribution in [0.15, 0.2) is 48.5 Å². The van der Waals surface area contributed by atoms with Crippen molar-refractivity contribution < 1.29 is 146 Å². The van der Waals surface area contributed by atoms with E-state index in [1.807, 2.05) is 0 Å². The van der Waals surface area contributed by atoms with Crippen molar-refractivity contribution in [3.05, 3.63) is 93.0 Å². The monoisotopic (exact) mass is 1090 g/mol. The molecule has 0 amide bonds. The Hall–Kier alpha value is -7.97. The zero-order chi connectivity index (χ0) is 45.8. The number of nitrogens with one attached hydrogen (secondary N) is 2. The minimum Gasteiger partial charge on any atom is -0.545 e. The van der Waals surface area contributed by atoms with Crippen LogP contribution in [0.25, 0.3) is 89.7 Å². The number of H-pyrrole nitrogens is 2. The molecule has 8 bridgehead atoms. The molecule has 3 aromatic heterocycles. The molecule has 0 unspecified atom stereocenters. The molecule has 68 heavy (non-hydrogen) atoms. The SMILES string of the molecule is O=C([O-])c1c(C(=O)[O-])c(C(=O)[O-])c2c(c1C(=O)[O-])-c1nc-2nc2[nH]c(nc3nc(nc4[nH]c(n1)c1ccccc41)-c1ccccc1-3)c1c(C(=O)[O-])c(C(=O)[O-])c(C(=O)[O-])c(C(=O)[O-])c21.[Co+2].[Co+2].[Co+2].[Co+2]. The van der Waals surface area contributed by atoms with Crippen molar-refractivity contribution in [2.24, 2.45) is 0 Å². The van der Waals surface area contributed by atoms with Crippen LogP contribution in [0, 0.1) is 0 Å². The molecule has 0 spiro atoms. The zero-order valence-electron chi connectivity index (χ0n) is 32.2. The number of aromatic amines is 2.